The smallest absolute Gasteiger partial charge is 0.144 e. The van der Waals surface area contributed by atoms with Crippen LogP contribution in [0.15, 0.2) is 173 Å². The van der Waals surface area contributed by atoms with Gasteiger partial charge in [0.15, 0.2) is 0 Å². The summed E-state index contributed by atoms with van der Waals surface area (Å²) in [5, 5.41) is 9.32. The molecule has 0 bridgehead atoms. The highest BCUT2D eigenvalue weighted by molar-refractivity contribution is 7.26. The third-order valence-electron chi connectivity index (χ3n) is 10.0. The van der Waals surface area contributed by atoms with Gasteiger partial charge in [0, 0.05) is 48.4 Å². The van der Waals surface area contributed by atoms with Crippen LogP contribution in [0.2, 0.25) is 0 Å². The Morgan fingerprint density at radius 3 is 1.90 bits per heavy atom. The zero-order valence-corrected chi connectivity index (χ0v) is 27.6. The van der Waals surface area contributed by atoms with E-state index in [0.717, 1.165) is 77.5 Å². The first-order valence-corrected chi connectivity index (χ1v) is 17.6. The summed E-state index contributed by atoms with van der Waals surface area (Å²) in [5.74, 6) is 0. The van der Waals surface area contributed by atoms with Crippen molar-refractivity contribution in [3.63, 3.8) is 0 Å². The average Bonchev–Trinajstić information content (AvgIpc) is 3.86. The molecule has 234 valence electrons. The highest BCUT2D eigenvalue weighted by Crippen LogP contribution is 2.50. The van der Waals surface area contributed by atoms with E-state index < -0.39 is 0 Å². The van der Waals surface area contributed by atoms with Crippen LogP contribution in [0.1, 0.15) is 0 Å². The summed E-state index contributed by atoms with van der Waals surface area (Å²) in [6, 6.07) is 58.4. The minimum Gasteiger partial charge on any atom is -0.456 e. The van der Waals surface area contributed by atoms with Crippen molar-refractivity contribution in [3.8, 4) is 11.1 Å². The van der Waals surface area contributed by atoms with E-state index in [1.807, 2.05) is 29.5 Å². The number of anilines is 3. The summed E-state index contributed by atoms with van der Waals surface area (Å²) < 4.78 is 15.3. The van der Waals surface area contributed by atoms with Crippen LogP contribution in [0, 0.1) is 0 Å². The molecule has 3 aromatic heterocycles. The third kappa shape index (κ3) is 4.09. The van der Waals surface area contributed by atoms with E-state index in [-0.39, 0.29) is 0 Å². The summed E-state index contributed by atoms with van der Waals surface area (Å²) in [4.78, 5) is 2.41. The van der Waals surface area contributed by atoms with Gasteiger partial charge in [-0.15, -0.1) is 11.3 Å². The van der Waals surface area contributed by atoms with Gasteiger partial charge in [0.25, 0.3) is 0 Å². The molecule has 0 saturated heterocycles. The summed E-state index contributed by atoms with van der Waals surface area (Å²) >= 11 is 1.82. The SMILES string of the molecule is c1ccc2cc(N(c3ccc(-c4ccc5c(c4)oc4ccccc45)cc3)c3cc4c5ccccc5oc4c4c3sc3ccccc34)ccc2c1. The Hall–Kier alpha value is -6.36. The summed E-state index contributed by atoms with van der Waals surface area (Å²) in [5.41, 5.74) is 9.24. The lowest BCUT2D eigenvalue weighted by molar-refractivity contribution is 0.669. The predicted octanol–water partition coefficient (Wildman–Crippen LogP) is 14.1. The van der Waals surface area contributed by atoms with E-state index in [1.165, 1.54) is 25.6 Å². The number of furan rings is 2. The summed E-state index contributed by atoms with van der Waals surface area (Å²) in [6.07, 6.45) is 0. The number of nitrogens with zero attached hydrogens (tertiary/aromatic N) is 1. The minimum atomic E-state index is 0.901. The van der Waals surface area contributed by atoms with Crippen LogP contribution < -0.4 is 4.90 Å². The molecule has 0 radical (unpaired) electrons. The van der Waals surface area contributed by atoms with Gasteiger partial charge in [0.05, 0.1) is 10.4 Å². The molecule has 0 aliphatic heterocycles. The fourth-order valence-electron chi connectivity index (χ4n) is 7.67. The van der Waals surface area contributed by atoms with Crippen LogP contribution in [0.25, 0.3) is 85.9 Å². The first-order chi connectivity index (χ1) is 24.8. The van der Waals surface area contributed by atoms with Crippen LogP contribution in [0.4, 0.5) is 17.1 Å². The van der Waals surface area contributed by atoms with Crippen LogP contribution >= 0.6 is 11.3 Å². The van der Waals surface area contributed by atoms with Crippen molar-refractivity contribution >= 4 is 103 Å². The van der Waals surface area contributed by atoms with Gasteiger partial charge in [-0.3, -0.25) is 0 Å². The molecule has 0 saturated carbocycles. The molecule has 0 aliphatic carbocycles. The van der Waals surface area contributed by atoms with Crippen molar-refractivity contribution in [2.24, 2.45) is 0 Å². The molecule has 0 N–H and O–H groups in total. The van der Waals surface area contributed by atoms with Gasteiger partial charge in [0.1, 0.15) is 22.3 Å². The fourth-order valence-corrected chi connectivity index (χ4v) is 8.87. The van der Waals surface area contributed by atoms with Crippen molar-refractivity contribution in [1.29, 1.82) is 0 Å². The van der Waals surface area contributed by atoms with Crippen LogP contribution in [0.3, 0.4) is 0 Å². The van der Waals surface area contributed by atoms with Gasteiger partial charge in [-0.2, -0.15) is 0 Å². The highest BCUT2D eigenvalue weighted by atomic mass is 32.1. The first kappa shape index (κ1) is 27.6. The molecule has 0 unspecified atom stereocenters. The van der Waals surface area contributed by atoms with Gasteiger partial charge in [0.2, 0.25) is 0 Å². The normalized spacial score (nSPS) is 12.0. The molecule has 0 aliphatic rings. The molecule has 3 nitrogen and oxygen atoms in total. The van der Waals surface area contributed by atoms with Gasteiger partial charge in [-0.25, -0.2) is 0 Å². The molecule has 4 heteroatoms. The number of hydrogen-bond donors (Lipinski definition) is 0. The first-order valence-electron chi connectivity index (χ1n) is 16.8. The van der Waals surface area contributed by atoms with E-state index in [1.54, 1.807) is 0 Å². The van der Waals surface area contributed by atoms with E-state index in [2.05, 4.69) is 150 Å². The molecule has 50 heavy (non-hydrogen) atoms. The maximum Gasteiger partial charge on any atom is 0.144 e. The Morgan fingerprint density at radius 2 is 1.06 bits per heavy atom. The average molecular weight is 658 g/mol. The largest absolute Gasteiger partial charge is 0.456 e. The van der Waals surface area contributed by atoms with E-state index in [9.17, 15) is 0 Å². The Balaban J connectivity index is 1.15. The number of hydrogen-bond acceptors (Lipinski definition) is 4. The second kappa shape index (κ2) is 10.6. The van der Waals surface area contributed by atoms with Crippen molar-refractivity contribution in [3.05, 3.63) is 164 Å². The molecule has 0 amide bonds. The van der Waals surface area contributed by atoms with Crippen molar-refractivity contribution in [1.82, 2.24) is 0 Å². The predicted molar refractivity (Wildman–Crippen MR) is 212 cm³/mol. The highest BCUT2D eigenvalue weighted by Gasteiger charge is 2.23. The topological polar surface area (TPSA) is 29.5 Å². The monoisotopic (exact) mass is 657 g/mol. The van der Waals surface area contributed by atoms with E-state index in [0.29, 0.717) is 0 Å². The lowest BCUT2D eigenvalue weighted by Crippen LogP contribution is -2.10. The van der Waals surface area contributed by atoms with Crippen molar-refractivity contribution in [2.45, 2.75) is 0 Å². The Bertz CT molecular complexity index is 3110. The fraction of sp³-hybridized carbons (Fsp3) is 0. The van der Waals surface area contributed by atoms with Gasteiger partial charge < -0.3 is 13.7 Å². The standard InChI is InChI=1S/C46H27NO2S/c1-2-10-30-25-33(23-19-28(30)9-1)47(32-21-17-29(18-22-32)31-20-24-36-34-11-3-6-14-40(34)48-42(36)26-31)39-27-38-35-12-4-7-15-41(35)49-45(38)44-37-13-5-8-16-43(37)50-46(39)44/h1-27H. The molecular weight excluding hydrogens is 631 g/mol. The number of rotatable bonds is 4. The molecule has 0 atom stereocenters. The quantitative estimate of drug-likeness (QED) is 0.189. The number of fused-ring (bicyclic) bond motifs is 11. The summed E-state index contributed by atoms with van der Waals surface area (Å²) in [7, 11) is 0. The van der Waals surface area contributed by atoms with Crippen molar-refractivity contribution < 1.29 is 8.83 Å². The van der Waals surface area contributed by atoms with Crippen LogP contribution in [-0.4, -0.2) is 0 Å². The maximum absolute atomic E-state index is 6.63. The lowest BCUT2D eigenvalue weighted by atomic mass is 10.0. The Kier molecular flexibility index (Phi) is 5.83. The van der Waals surface area contributed by atoms with Gasteiger partial charge >= 0.3 is 0 Å². The molecule has 0 spiro atoms. The molecular formula is C46H27NO2S. The Labute approximate surface area is 290 Å². The van der Waals surface area contributed by atoms with E-state index >= 15 is 0 Å². The number of thiophene rings is 1. The zero-order valence-electron chi connectivity index (χ0n) is 26.8. The maximum atomic E-state index is 6.63. The second-order valence-corrected chi connectivity index (χ2v) is 13.9. The number of para-hydroxylation sites is 2. The summed E-state index contributed by atoms with van der Waals surface area (Å²) in [6.45, 7) is 0. The lowest BCUT2D eigenvalue weighted by Gasteiger charge is -2.27. The molecule has 11 aromatic rings. The van der Waals surface area contributed by atoms with E-state index in [4.69, 9.17) is 8.83 Å². The molecule has 8 aromatic carbocycles. The second-order valence-electron chi connectivity index (χ2n) is 12.9. The van der Waals surface area contributed by atoms with Crippen molar-refractivity contribution in [2.75, 3.05) is 4.90 Å². The van der Waals surface area contributed by atoms with Crippen LogP contribution in [-0.2, 0) is 0 Å². The Morgan fingerprint density at radius 1 is 0.420 bits per heavy atom. The zero-order chi connectivity index (χ0) is 32.8. The number of benzene rings is 8. The molecule has 11 rings (SSSR count). The molecule has 3 heterocycles. The van der Waals surface area contributed by atoms with Gasteiger partial charge in [-0.1, -0.05) is 103 Å². The minimum absolute atomic E-state index is 0.901. The van der Waals surface area contributed by atoms with Crippen LogP contribution in [0.5, 0.6) is 0 Å². The third-order valence-corrected chi connectivity index (χ3v) is 11.2. The molecule has 0 fully saturated rings. The van der Waals surface area contributed by atoms with Gasteiger partial charge in [-0.05, 0) is 82.6 Å².